The number of amides is 1. The standard InChI is InChI=1S/C10H19NO3/c1-5-11(7-10(3,4)14)9(13)6-8(2)12/h14H,5-7H2,1-4H3. The number of nitrogens with zero attached hydrogens (tertiary/aromatic N) is 1. The van der Waals surface area contributed by atoms with Crippen molar-refractivity contribution in [2.24, 2.45) is 0 Å². The van der Waals surface area contributed by atoms with Gasteiger partial charge >= 0.3 is 0 Å². The Kier molecular flexibility index (Phi) is 4.77. The average molecular weight is 201 g/mol. The third kappa shape index (κ3) is 5.70. The number of carbonyl (C=O) groups is 2. The summed E-state index contributed by atoms with van der Waals surface area (Å²) in [5.74, 6) is -0.369. The molecule has 0 aromatic rings. The normalized spacial score (nSPS) is 11.2. The van der Waals surface area contributed by atoms with Crippen LogP contribution in [0.4, 0.5) is 0 Å². The Labute approximate surface area is 84.9 Å². The van der Waals surface area contributed by atoms with Gasteiger partial charge in [0.15, 0.2) is 0 Å². The van der Waals surface area contributed by atoms with Crippen LogP contribution in [0.1, 0.15) is 34.1 Å². The molecule has 0 spiro atoms. The maximum absolute atomic E-state index is 11.5. The fraction of sp³-hybridized carbons (Fsp3) is 0.800. The Morgan fingerprint density at radius 1 is 1.36 bits per heavy atom. The molecular formula is C10H19NO3. The minimum atomic E-state index is -0.914. The molecule has 4 heteroatoms. The molecule has 0 saturated heterocycles. The highest BCUT2D eigenvalue weighted by Gasteiger charge is 2.21. The Morgan fingerprint density at radius 2 is 1.86 bits per heavy atom. The summed E-state index contributed by atoms with van der Waals surface area (Å²) < 4.78 is 0. The van der Waals surface area contributed by atoms with Crippen LogP contribution in [-0.2, 0) is 9.59 Å². The highest BCUT2D eigenvalue weighted by Crippen LogP contribution is 2.06. The number of hydrogen-bond donors (Lipinski definition) is 1. The molecule has 0 saturated carbocycles. The molecule has 0 aliphatic carbocycles. The first-order chi connectivity index (χ1) is 6.26. The quantitative estimate of drug-likeness (QED) is 0.662. The SMILES string of the molecule is CCN(CC(C)(C)O)C(=O)CC(C)=O. The molecule has 4 nitrogen and oxygen atoms in total. The van der Waals surface area contributed by atoms with E-state index in [1.165, 1.54) is 11.8 Å². The highest BCUT2D eigenvalue weighted by atomic mass is 16.3. The van der Waals surface area contributed by atoms with Gasteiger partial charge in [-0.05, 0) is 27.7 Å². The minimum absolute atomic E-state index is 0.0794. The number of rotatable bonds is 5. The van der Waals surface area contributed by atoms with Crippen LogP contribution >= 0.6 is 0 Å². The van der Waals surface area contributed by atoms with Gasteiger partial charge in [-0.2, -0.15) is 0 Å². The topological polar surface area (TPSA) is 57.6 Å². The zero-order chi connectivity index (χ0) is 11.4. The van der Waals surface area contributed by atoms with Crippen molar-refractivity contribution >= 4 is 11.7 Å². The van der Waals surface area contributed by atoms with Crippen molar-refractivity contribution in [3.05, 3.63) is 0 Å². The van der Waals surface area contributed by atoms with Gasteiger partial charge in [-0.25, -0.2) is 0 Å². The lowest BCUT2D eigenvalue weighted by atomic mass is 10.1. The van der Waals surface area contributed by atoms with Gasteiger partial charge in [-0.1, -0.05) is 0 Å². The minimum Gasteiger partial charge on any atom is -0.389 e. The van der Waals surface area contributed by atoms with E-state index in [-0.39, 0.29) is 24.7 Å². The summed E-state index contributed by atoms with van der Waals surface area (Å²) in [4.78, 5) is 23.7. The summed E-state index contributed by atoms with van der Waals surface area (Å²) in [6, 6.07) is 0. The Balaban J connectivity index is 4.27. The average Bonchev–Trinajstić information content (AvgIpc) is 1.96. The van der Waals surface area contributed by atoms with E-state index in [2.05, 4.69) is 0 Å². The van der Waals surface area contributed by atoms with Gasteiger partial charge < -0.3 is 10.0 Å². The molecule has 1 N–H and O–H groups in total. The first kappa shape index (κ1) is 13.1. The number of carbonyl (C=O) groups excluding carboxylic acids is 2. The summed E-state index contributed by atoms with van der Waals surface area (Å²) in [6.45, 7) is 7.25. The van der Waals surface area contributed by atoms with E-state index in [1.54, 1.807) is 13.8 Å². The molecule has 1 amide bonds. The molecule has 0 fully saturated rings. The molecule has 0 rings (SSSR count). The van der Waals surface area contributed by atoms with Gasteiger partial charge in [-0.3, -0.25) is 9.59 Å². The van der Waals surface area contributed by atoms with Crippen molar-refractivity contribution in [3.63, 3.8) is 0 Å². The zero-order valence-electron chi connectivity index (χ0n) is 9.33. The van der Waals surface area contributed by atoms with Gasteiger partial charge in [0, 0.05) is 13.1 Å². The van der Waals surface area contributed by atoms with E-state index < -0.39 is 5.60 Å². The van der Waals surface area contributed by atoms with E-state index in [0.717, 1.165) is 0 Å². The molecule has 0 radical (unpaired) electrons. The maximum Gasteiger partial charge on any atom is 0.230 e. The molecule has 0 aliphatic heterocycles. The largest absolute Gasteiger partial charge is 0.389 e. The van der Waals surface area contributed by atoms with E-state index in [4.69, 9.17) is 0 Å². The second-order valence-electron chi connectivity index (χ2n) is 4.10. The maximum atomic E-state index is 11.5. The van der Waals surface area contributed by atoms with Gasteiger partial charge in [0.2, 0.25) is 5.91 Å². The first-order valence-corrected chi connectivity index (χ1v) is 4.76. The molecule has 0 unspecified atom stereocenters. The fourth-order valence-corrected chi connectivity index (χ4v) is 1.17. The Hall–Kier alpha value is -0.900. The number of hydrogen-bond acceptors (Lipinski definition) is 3. The number of aliphatic hydroxyl groups is 1. The lowest BCUT2D eigenvalue weighted by molar-refractivity contribution is -0.137. The second-order valence-corrected chi connectivity index (χ2v) is 4.10. The van der Waals surface area contributed by atoms with E-state index >= 15 is 0 Å². The summed E-state index contributed by atoms with van der Waals surface area (Å²) in [5, 5.41) is 9.52. The van der Waals surface area contributed by atoms with Crippen LogP contribution in [0.2, 0.25) is 0 Å². The van der Waals surface area contributed by atoms with Crippen LogP contribution in [0.25, 0.3) is 0 Å². The van der Waals surface area contributed by atoms with Gasteiger partial charge in [-0.15, -0.1) is 0 Å². The zero-order valence-corrected chi connectivity index (χ0v) is 9.33. The van der Waals surface area contributed by atoms with Gasteiger partial charge in [0.25, 0.3) is 0 Å². The van der Waals surface area contributed by atoms with Crippen molar-refractivity contribution in [2.75, 3.05) is 13.1 Å². The van der Waals surface area contributed by atoms with Crippen molar-refractivity contribution in [2.45, 2.75) is 39.7 Å². The van der Waals surface area contributed by atoms with Crippen LogP contribution in [0.15, 0.2) is 0 Å². The molecule has 0 heterocycles. The van der Waals surface area contributed by atoms with Crippen LogP contribution in [0.3, 0.4) is 0 Å². The first-order valence-electron chi connectivity index (χ1n) is 4.76. The lowest BCUT2D eigenvalue weighted by Gasteiger charge is -2.27. The van der Waals surface area contributed by atoms with Crippen LogP contribution in [-0.4, -0.2) is 40.4 Å². The number of Topliss-reactive ketones (excluding diaryl/α,β-unsaturated/α-hetero) is 1. The molecule has 0 bridgehead atoms. The monoisotopic (exact) mass is 201 g/mol. The third-order valence-electron chi connectivity index (χ3n) is 1.71. The Bertz CT molecular complexity index is 218. The number of likely N-dealkylation sites (N-methyl/N-ethyl adjacent to an activating group) is 1. The number of ketones is 1. The van der Waals surface area contributed by atoms with Gasteiger partial charge in [0.1, 0.15) is 5.78 Å². The second kappa shape index (κ2) is 5.10. The Morgan fingerprint density at radius 3 is 2.14 bits per heavy atom. The van der Waals surface area contributed by atoms with Crippen molar-refractivity contribution in [1.82, 2.24) is 4.90 Å². The fourth-order valence-electron chi connectivity index (χ4n) is 1.17. The molecule has 14 heavy (non-hydrogen) atoms. The molecule has 82 valence electrons. The molecule has 0 aromatic carbocycles. The highest BCUT2D eigenvalue weighted by molar-refractivity contribution is 5.96. The predicted molar refractivity (Wildman–Crippen MR) is 53.8 cm³/mol. The van der Waals surface area contributed by atoms with Gasteiger partial charge in [0.05, 0.1) is 12.0 Å². The molecule has 0 aliphatic rings. The van der Waals surface area contributed by atoms with Crippen LogP contribution in [0.5, 0.6) is 0 Å². The van der Waals surface area contributed by atoms with Crippen LogP contribution < -0.4 is 0 Å². The van der Waals surface area contributed by atoms with Crippen LogP contribution in [0, 0.1) is 0 Å². The summed E-state index contributed by atoms with van der Waals surface area (Å²) >= 11 is 0. The van der Waals surface area contributed by atoms with E-state index in [1.807, 2.05) is 6.92 Å². The van der Waals surface area contributed by atoms with Crippen molar-refractivity contribution < 1.29 is 14.7 Å². The van der Waals surface area contributed by atoms with E-state index in [9.17, 15) is 14.7 Å². The summed E-state index contributed by atoms with van der Waals surface area (Å²) in [7, 11) is 0. The van der Waals surface area contributed by atoms with Crippen molar-refractivity contribution in [1.29, 1.82) is 0 Å². The van der Waals surface area contributed by atoms with E-state index in [0.29, 0.717) is 6.54 Å². The molecular weight excluding hydrogens is 182 g/mol. The predicted octanol–water partition coefficient (Wildman–Crippen LogP) is 0.585. The molecule has 0 atom stereocenters. The lowest BCUT2D eigenvalue weighted by Crippen LogP contribution is -2.42. The molecule has 0 aromatic heterocycles. The van der Waals surface area contributed by atoms with Crippen molar-refractivity contribution in [3.8, 4) is 0 Å². The third-order valence-corrected chi connectivity index (χ3v) is 1.71. The summed E-state index contributed by atoms with van der Waals surface area (Å²) in [6.07, 6.45) is -0.0794. The summed E-state index contributed by atoms with van der Waals surface area (Å²) in [5.41, 5.74) is -0.914. The smallest absolute Gasteiger partial charge is 0.230 e.